The lowest BCUT2D eigenvalue weighted by molar-refractivity contribution is 0.0651. The topological polar surface area (TPSA) is 168 Å². The van der Waals surface area contributed by atoms with E-state index in [4.69, 9.17) is 9.47 Å². The molecule has 0 radical (unpaired) electrons. The number of rotatable bonds is 10. The lowest BCUT2D eigenvalue weighted by Crippen LogP contribution is -2.28. The number of fused-ring (bicyclic) bond motifs is 5. The molecule has 8 aromatic rings. The Labute approximate surface area is 335 Å². The molecule has 0 saturated carbocycles. The molecule has 9 rings (SSSR count). The summed E-state index contributed by atoms with van der Waals surface area (Å²) >= 11 is 0. The second kappa shape index (κ2) is 14.1. The second-order valence-electron chi connectivity index (χ2n) is 14.1. The predicted molar refractivity (Wildman–Crippen MR) is 220 cm³/mol. The maximum Gasteiger partial charge on any atom is 0.336 e. The fraction of sp³-hybridized carbons (Fsp3) is 0.0204. The standard InChI is InChI=1S/C49H30O10/c50-45(51)39-19-17-35(25-41(39)47(54)55)58-33-15-11-27-21-31(13-9-29(27)23-33)49(43-7-3-1-5-37(43)38-6-2-4-8-44(38)49)32-14-10-30-24-34(16-12-28(30)22-32)59-36-18-20-40(46(52)53)42(26-36)48(56)57/h1-26H,(H,50,51)(H,52,53)(H,54,55)(H,56,57). The lowest BCUT2D eigenvalue weighted by Gasteiger charge is -2.34. The van der Waals surface area contributed by atoms with Crippen LogP contribution in [0.25, 0.3) is 32.7 Å². The molecule has 286 valence electrons. The Morgan fingerprint density at radius 1 is 0.356 bits per heavy atom. The third-order valence-corrected chi connectivity index (χ3v) is 10.8. The van der Waals surface area contributed by atoms with E-state index in [-0.39, 0.29) is 33.8 Å². The maximum atomic E-state index is 11.8. The van der Waals surface area contributed by atoms with E-state index in [1.54, 1.807) is 12.1 Å². The Morgan fingerprint density at radius 3 is 1.10 bits per heavy atom. The third kappa shape index (κ3) is 6.16. The molecule has 8 aromatic carbocycles. The molecule has 59 heavy (non-hydrogen) atoms. The minimum absolute atomic E-state index is 0.193. The van der Waals surface area contributed by atoms with Crippen LogP contribution >= 0.6 is 0 Å². The van der Waals surface area contributed by atoms with E-state index < -0.39 is 29.3 Å². The zero-order valence-electron chi connectivity index (χ0n) is 30.7. The van der Waals surface area contributed by atoms with Crippen LogP contribution in [0.4, 0.5) is 0 Å². The van der Waals surface area contributed by atoms with Crippen LogP contribution in [0.5, 0.6) is 23.0 Å². The smallest absolute Gasteiger partial charge is 0.336 e. The number of carboxylic acids is 4. The summed E-state index contributed by atoms with van der Waals surface area (Å²) in [5.41, 5.74) is 4.44. The SMILES string of the molecule is O=C(O)c1ccc(Oc2ccc3cc(C4(c5ccc6cc(Oc7ccc(C(=O)O)c(C(=O)O)c7)ccc6c5)c5ccccc5-c5ccccc54)ccc3c2)cc1C(=O)O. The van der Waals surface area contributed by atoms with Crippen molar-refractivity contribution in [3.8, 4) is 34.1 Å². The van der Waals surface area contributed by atoms with Crippen molar-refractivity contribution in [2.45, 2.75) is 5.41 Å². The molecule has 0 aromatic heterocycles. The molecule has 10 heteroatoms. The summed E-state index contributed by atoms with van der Waals surface area (Å²) in [5, 5.41) is 41.6. The van der Waals surface area contributed by atoms with Gasteiger partial charge in [-0.3, -0.25) is 0 Å². The van der Waals surface area contributed by atoms with E-state index in [0.29, 0.717) is 11.5 Å². The number of benzene rings is 8. The monoisotopic (exact) mass is 778 g/mol. The first-order chi connectivity index (χ1) is 28.5. The predicted octanol–water partition coefficient (Wildman–Crippen LogP) is 10.7. The van der Waals surface area contributed by atoms with Gasteiger partial charge in [0.25, 0.3) is 0 Å². The minimum Gasteiger partial charge on any atom is -0.478 e. The summed E-state index contributed by atoms with van der Waals surface area (Å²) in [4.78, 5) is 46.6. The molecule has 0 atom stereocenters. The molecule has 0 fully saturated rings. The van der Waals surface area contributed by atoms with Crippen molar-refractivity contribution < 1.29 is 49.1 Å². The van der Waals surface area contributed by atoms with E-state index in [0.717, 1.165) is 54.9 Å². The van der Waals surface area contributed by atoms with Crippen molar-refractivity contribution in [1.82, 2.24) is 0 Å². The van der Waals surface area contributed by atoms with Gasteiger partial charge in [-0.2, -0.15) is 0 Å². The summed E-state index contributed by atoms with van der Waals surface area (Å²) in [6.45, 7) is 0. The first-order valence-electron chi connectivity index (χ1n) is 18.4. The summed E-state index contributed by atoms with van der Waals surface area (Å²) in [5.74, 6) is -4.13. The largest absolute Gasteiger partial charge is 0.478 e. The lowest BCUT2D eigenvalue weighted by atomic mass is 9.67. The van der Waals surface area contributed by atoms with Gasteiger partial charge in [-0.15, -0.1) is 0 Å². The van der Waals surface area contributed by atoms with Crippen LogP contribution in [0.1, 0.15) is 63.7 Å². The molecular weight excluding hydrogens is 749 g/mol. The van der Waals surface area contributed by atoms with Crippen molar-refractivity contribution >= 4 is 45.4 Å². The highest BCUT2D eigenvalue weighted by molar-refractivity contribution is 6.03. The minimum atomic E-state index is -1.37. The highest BCUT2D eigenvalue weighted by Crippen LogP contribution is 2.56. The fourth-order valence-corrected chi connectivity index (χ4v) is 8.24. The van der Waals surface area contributed by atoms with Crippen LogP contribution in [0.2, 0.25) is 0 Å². The molecule has 1 aliphatic rings. The van der Waals surface area contributed by atoms with Gasteiger partial charge < -0.3 is 29.9 Å². The Hall–Kier alpha value is -8.24. The molecule has 0 spiro atoms. The highest BCUT2D eigenvalue weighted by atomic mass is 16.5. The van der Waals surface area contributed by atoms with Crippen LogP contribution in [-0.4, -0.2) is 44.3 Å². The normalized spacial score (nSPS) is 12.4. The summed E-state index contributed by atoms with van der Waals surface area (Å²) in [7, 11) is 0. The number of ether oxygens (including phenoxy) is 2. The van der Waals surface area contributed by atoms with E-state index in [9.17, 15) is 39.6 Å². The first-order valence-corrected chi connectivity index (χ1v) is 18.4. The number of hydrogen-bond donors (Lipinski definition) is 4. The van der Waals surface area contributed by atoms with Crippen LogP contribution in [0.3, 0.4) is 0 Å². The molecule has 10 nitrogen and oxygen atoms in total. The van der Waals surface area contributed by atoms with Crippen molar-refractivity contribution in [2.75, 3.05) is 0 Å². The van der Waals surface area contributed by atoms with E-state index in [1.807, 2.05) is 60.7 Å². The van der Waals surface area contributed by atoms with Crippen LogP contribution in [-0.2, 0) is 5.41 Å². The van der Waals surface area contributed by atoms with Crippen molar-refractivity contribution in [1.29, 1.82) is 0 Å². The number of hydrogen-bond acceptors (Lipinski definition) is 6. The van der Waals surface area contributed by atoms with E-state index >= 15 is 0 Å². The quantitative estimate of drug-likeness (QED) is 0.105. The fourth-order valence-electron chi connectivity index (χ4n) is 8.24. The Bertz CT molecular complexity index is 2880. The molecule has 0 unspecified atom stereocenters. The summed E-state index contributed by atoms with van der Waals surface area (Å²) < 4.78 is 12.0. The molecule has 4 N–H and O–H groups in total. The van der Waals surface area contributed by atoms with E-state index in [1.165, 1.54) is 36.4 Å². The van der Waals surface area contributed by atoms with Gasteiger partial charge in [0, 0.05) is 0 Å². The zero-order chi connectivity index (χ0) is 41.0. The highest BCUT2D eigenvalue weighted by Gasteiger charge is 2.46. The van der Waals surface area contributed by atoms with Gasteiger partial charge in [0.05, 0.1) is 27.7 Å². The van der Waals surface area contributed by atoms with Gasteiger partial charge in [0.15, 0.2) is 0 Å². The molecule has 0 amide bonds. The van der Waals surface area contributed by atoms with Gasteiger partial charge in [-0.05, 0) is 128 Å². The van der Waals surface area contributed by atoms with Gasteiger partial charge in [0.2, 0.25) is 0 Å². The van der Waals surface area contributed by atoms with E-state index in [2.05, 4.69) is 48.5 Å². The molecule has 0 aliphatic heterocycles. The number of carboxylic acid groups (broad SMARTS) is 4. The molecule has 0 saturated heterocycles. The van der Waals surface area contributed by atoms with Crippen LogP contribution < -0.4 is 9.47 Å². The van der Waals surface area contributed by atoms with Crippen molar-refractivity contribution in [3.63, 3.8) is 0 Å². The Balaban J connectivity index is 1.12. The van der Waals surface area contributed by atoms with Crippen molar-refractivity contribution in [2.24, 2.45) is 0 Å². The van der Waals surface area contributed by atoms with Gasteiger partial charge >= 0.3 is 23.9 Å². The molecular formula is C49H30O10. The van der Waals surface area contributed by atoms with Crippen LogP contribution in [0, 0.1) is 0 Å². The third-order valence-electron chi connectivity index (χ3n) is 10.8. The molecule has 1 aliphatic carbocycles. The van der Waals surface area contributed by atoms with Gasteiger partial charge in [-0.1, -0.05) is 84.9 Å². The molecule has 0 heterocycles. The number of carbonyl (C=O) groups is 4. The average molecular weight is 779 g/mol. The van der Waals surface area contributed by atoms with Crippen molar-refractivity contribution in [3.05, 3.63) is 202 Å². The zero-order valence-corrected chi connectivity index (χ0v) is 30.7. The van der Waals surface area contributed by atoms with Gasteiger partial charge in [-0.25, -0.2) is 19.2 Å². The number of aromatic carboxylic acids is 4. The average Bonchev–Trinajstić information content (AvgIpc) is 3.54. The summed E-state index contributed by atoms with van der Waals surface area (Å²) in [6.07, 6.45) is 0. The first kappa shape index (κ1) is 36.4. The van der Waals surface area contributed by atoms with Crippen LogP contribution in [0.15, 0.2) is 158 Å². The van der Waals surface area contributed by atoms with Gasteiger partial charge in [0.1, 0.15) is 23.0 Å². The second-order valence-corrected chi connectivity index (χ2v) is 14.1. The Morgan fingerprint density at radius 2 is 0.695 bits per heavy atom. The molecule has 0 bridgehead atoms. The Kier molecular flexibility index (Phi) is 8.67. The maximum absolute atomic E-state index is 11.8. The summed E-state index contributed by atoms with van der Waals surface area (Å²) in [6, 6.07) is 48.3.